The first kappa shape index (κ1) is 18.7. The van der Waals surface area contributed by atoms with Crippen LogP contribution >= 0.6 is 0 Å². The molecular formula is C21H36N2O2. The lowest BCUT2D eigenvalue weighted by Crippen LogP contribution is -2.37. The maximum absolute atomic E-state index is 12.5. The van der Waals surface area contributed by atoms with Crippen molar-refractivity contribution in [2.75, 3.05) is 26.2 Å². The monoisotopic (exact) mass is 348 g/mol. The fourth-order valence-corrected chi connectivity index (χ4v) is 4.99. The minimum Gasteiger partial charge on any atom is -0.341 e. The van der Waals surface area contributed by atoms with Crippen molar-refractivity contribution in [3.8, 4) is 0 Å². The molecule has 0 spiro atoms. The molecule has 0 bridgehead atoms. The van der Waals surface area contributed by atoms with E-state index in [4.69, 9.17) is 0 Å². The highest BCUT2D eigenvalue weighted by Crippen LogP contribution is 2.29. The molecule has 1 heterocycles. The van der Waals surface area contributed by atoms with Crippen molar-refractivity contribution in [3.63, 3.8) is 0 Å². The molecule has 25 heavy (non-hydrogen) atoms. The molecule has 3 rings (SSSR count). The topological polar surface area (TPSA) is 40.6 Å². The predicted molar refractivity (Wildman–Crippen MR) is 100 cm³/mol. The summed E-state index contributed by atoms with van der Waals surface area (Å²) >= 11 is 0. The van der Waals surface area contributed by atoms with Crippen molar-refractivity contribution in [1.29, 1.82) is 0 Å². The van der Waals surface area contributed by atoms with Crippen molar-refractivity contribution < 1.29 is 9.59 Å². The molecule has 0 aromatic rings. The zero-order valence-corrected chi connectivity index (χ0v) is 15.9. The van der Waals surface area contributed by atoms with E-state index in [0.717, 1.165) is 57.3 Å². The van der Waals surface area contributed by atoms with Crippen LogP contribution in [0.15, 0.2) is 0 Å². The second-order valence-electron chi connectivity index (χ2n) is 8.49. The first-order valence-electron chi connectivity index (χ1n) is 10.8. The summed E-state index contributed by atoms with van der Waals surface area (Å²) in [4.78, 5) is 29.0. The molecule has 2 amide bonds. The molecule has 1 aliphatic heterocycles. The van der Waals surface area contributed by atoms with Crippen molar-refractivity contribution in [3.05, 3.63) is 0 Å². The van der Waals surface area contributed by atoms with Crippen LogP contribution in [0.5, 0.6) is 0 Å². The molecule has 1 saturated heterocycles. The van der Waals surface area contributed by atoms with Crippen LogP contribution in [0.25, 0.3) is 0 Å². The molecule has 142 valence electrons. The van der Waals surface area contributed by atoms with E-state index in [-0.39, 0.29) is 0 Å². The van der Waals surface area contributed by atoms with Gasteiger partial charge in [0.1, 0.15) is 0 Å². The number of hydrogen-bond acceptors (Lipinski definition) is 2. The molecule has 0 atom stereocenters. The summed E-state index contributed by atoms with van der Waals surface area (Å²) in [7, 11) is 0. The van der Waals surface area contributed by atoms with Gasteiger partial charge in [-0.05, 0) is 31.1 Å². The van der Waals surface area contributed by atoms with Crippen molar-refractivity contribution in [1.82, 2.24) is 9.80 Å². The van der Waals surface area contributed by atoms with Gasteiger partial charge in [0.15, 0.2) is 0 Å². The molecule has 0 N–H and O–H groups in total. The molecule has 0 radical (unpaired) electrons. The Bertz CT molecular complexity index is 399. The average molecular weight is 349 g/mol. The van der Waals surface area contributed by atoms with Crippen LogP contribution in [-0.2, 0) is 9.59 Å². The fraction of sp³-hybridized carbons (Fsp3) is 0.905. The number of rotatable bonds is 6. The van der Waals surface area contributed by atoms with Gasteiger partial charge in [0, 0.05) is 39.0 Å². The van der Waals surface area contributed by atoms with Gasteiger partial charge in [0.05, 0.1) is 0 Å². The molecule has 4 nitrogen and oxygen atoms in total. The molecular weight excluding hydrogens is 312 g/mol. The third kappa shape index (κ3) is 5.72. The molecule has 2 aliphatic carbocycles. The number of amides is 2. The van der Waals surface area contributed by atoms with Gasteiger partial charge < -0.3 is 9.80 Å². The van der Waals surface area contributed by atoms with E-state index in [1.54, 1.807) is 0 Å². The van der Waals surface area contributed by atoms with E-state index in [2.05, 4.69) is 0 Å². The number of nitrogens with zero attached hydrogens (tertiary/aromatic N) is 2. The number of carbonyl (C=O) groups excluding carboxylic acids is 2. The second kappa shape index (κ2) is 9.59. The highest BCUT2D eigenvalue weighted by Gasteiger charge is 2.24. The van der Waals surface area contributed by atoms with Crippen LogP contribution < -0.4 is 0 Å². The highest BCUT2D eigenvalue weighted by molar-refractivity contribution is 5.77. The van der Waals surface area contributed by atoms with Crippen LogP contribution in [-0.4, -0.2) is 47.8 Å². The van der Waals surface area contributed by atoms with E-state index < -0.39 is 0 Å². The average Bonchev–Trinajstić information content (AvgIpc) is 3.27. The minimum atomic E-state index is 0.312. The van der Waals surface area contributed by atoms with Gasteiger partial charge in [-0.25, -0.2) is 0 Å². The Kier molecular flexibility index (Phi) is 7.18. The Balaban J connectivity index is 1.36. The van der Waals surface area contributed by atoms with Crippen LogP contribution in [0.1, 0.15) is 83.5 Å². The van der Waals surface area contributed by atoms with Crippen LogP contribution in [0, 0.1) is 11.8 Å². The predicted octanol–water partition coefficient (Wildman–Crippen LogP) is 3.99. The maximum Gasteiger partial charge on any atom is 0.222 e. The molecule has 0 unspecified atom stereocenters. The first-order chi connectivity index (χ1) is 12.2. The third-order valence-electron chi connectivity index (χ3n) is 6.68. The van der Waals surface area contributed by atoms with E-state index in [1.165, 1.54) is 51.4 Å². The van der Waals surface area contributed by atoms with E-state index in [0.29, 0.717) is 24.7 Å². The van der Waals surface area contributed by atoms with Gasteiger partial charge in [-0.15, -0.1) is 0 Å². The summed E-state index contributed by atoms with van der Waals surface area (Å²) in [6.45, 7) is 3.13. The normalized spacial score (nSPS) is 23.2. The second-order valence-corrected chi connectivity index (χ2v) is 8.49. The van der Waals surface area contributed by atoms with Gasteiger partial charge in [-0.1, -0.05) is 51.4 Å². The van der Waals surface area contributed by atoms with Crippen molar-refractivity contribution in [2.45, 2.75) is 83.5 Å². The molecule has 0 aromatic carbocycles. The molecule has 2 saturated carbocycles. The summed E-state index contributed by atoms with van der Waals surface area (Å²) in [5.74, 6) is 2.19. The Morgan fingerprint density at radius 2 is 1.00 bits per heavy atom. The van der Waals surface area contributed by atoms with Gasteiger partial charge in [-0.2, -0.15) is 0 Å². The third-order valence-corrected chi connectivity index (χ3v) is 6.68. The van der Waals surface area contributed by atoms with Crippen LogP contribution in [0.3, 0.4) is 0 Å². The zero-order valence-electron chi connectivity index (χ0n) is 15.9. The van der Waals surface area contributed by atoms with E-state index in [1.807, 2.05) is 9.80 Å². The number of carbonyl (C=O) groups is 2. The maximum atomic E-state index is 12.5. The smallest absolute Gasteiger partial charge is 0.222 e. The van der Waals surface area contributed by atoms with Gasteiger partial charge in [0.2, 0.25) is 11.8 Å². The summed E-state index contributed by atoms with van der Waals surface area (Å²) in [5, 5.41) is 0. The Hall–Kier alpha value is -1.06. The molecule has 3 fully saturated rings. The lowest BCUT2D eigenvalue weighted by atomic mass is 10.0. The van der Waals surface area contributed by atoms with Crippen LogP contribution in [0.4, 0.5) is 0 Å². The lowest BCUT2D eigenvalue weighted by molar-refractivity contribution is -0.133. The van der Waals surface area contributed by atoms with Gasteiger partial charge >= 0.3 is 0 Å². The Morgan fingerprint density at radius 3 is 1.40 bits per heavy atom. The Morgan fingerprint density at radius 1 is 0.600 bits per heavy atom. The minimum absolute atomic E-state index is 0.312. The SMILES string of the molecule is O=C(CCC1CCCC1)N1CCCN(C(=O)CCC2CCCC2)CC1. The Labute approximate surface area is 153 Å². The quantitative estimate of drug-likeness (QED) is 0.728. The molecule has 3 aliphatic rings. The van der Waals surface area contributed by atoms with Crippen LogP contribution in [0.2, 0.25) is 0 Å². The number of hydrogen-bond donors (Lipinski definition) is 0. The summed E-state index contributed by atoms with van der Waals surface area (Å²) < 4.78 is 0. The molecule has 0 aromatic heterocycles. The highest BCUT2D eigenvalue weighted by atomic mass is 16.2. The van der Waals surface area contributed by atoms with Gasteiger partial charge in [0.25, 0.3) is 0 Å². The van der Waals surface area contributed by atoms with Gasteiger partial charge in [-0.3, -0.25) is 9.59 Å². The largest absolute Gasteiger partial charge is 0.341 e. The zero-order chi connectivity index (χ0) is 17.5. The first-order valence-corrected chi connectivity index (χ1v) is 10.8. The summed E-state index contributed by atoms with van der Waals surface area (Å²) in [6, 6.07) is 0. The van der Waals surface area contributed by atoms with E-state index >= 15 is 0 Å². The van der Waals surface area contributed by atoms with E-state index in [9.17, 15) is 9.59 Å². The van der Waals surface area contributed by atoms with Crippen molar-refractivity contribution >= 4 is 11.8 Å². The lowest BCUT2D eigenvalue weighted by Gasteiger charge is -2.23. The summed E-state index contributed by atoms with van der Waals surface area (Å²) in [5.41, 5.74) is 0. The fourth-order valence-electron chi connectivity index (χ4n) is 4.99. The summed E-state index contributed by atoms with van der Waals surface area (Å²) in [6.07, 6.45) is 15.1. The standard InChI is InChI=1S/C21H36N2O2/c24-20(12-10-18-6-1-2-7-18)22-14-5-15-23(17-16-22)21(25)13-11-19-8-3-4-9-19/h18-19H,1-17H2. The van der Waals surface area contributed by atoms with Crippen molar-refractivity contribution in [2.24, 2.45) is 11.8 Å². The molecule has 4 heteroatoms.